The smallest absolute Gasteiger partial charge is 0.123 e. The Labute approximate surface area is 112 Å². The van der Waals surface area contributed by atoms with Gasteiger partial charge in [-0.25, -0.2) is 8.78 Å². The van der Waals surface area contributed by atoms with E-state index in [2.05, 4.69) is 0 Å². The first-order chi connectivity index (χ1) is 8.97. The highest BCUT2D eigenvalue weighted by molar-refractivity contribution is 5.37. The third-order valence-electron chi connectivity index (χ3n) is 3.30. The molecule has 0 radical (unpaired) electrons. The fourth-order valence-electron chi connectivity index (χ4n) is 2.48. The predicted molar refractivity (Wildman–Crippen MR) is 72.9 cm³/mol. The van der Waals surface area contributed by atoms with E-state index in [1.165, 1.54) is 24.3 Å². The summed E-state index contributed by atoms with van der Waals surface area (Å²) in [4.78, 5) is 0. The summed E-state index contributed by atoms with van der Waals surface area (Å²) in [5.74, 6) is -0.501. The average Bonchev–Trinajstić information content (AvgIpc) is 2.30. The zero-order valence-corrected chi connectivity index (χ0v) is 11.1. The summed E-state index contributed by atoms with van der Waals surface area (Å²) in [6, 6.07) is 9.07. The van der Waals surface area contributed by atoms with Gasteiger partial charge in [-0.15, -0.1) is 0 Å². The Bertz CT molecular complexity index is 553. The molecule has 2 rings (SSSR count). The standard InChI is InChI=1S/C16H17F2N/c1-10-7-14(18)8-11(2)16(10)15(19)9-12-3-5-13(17)6-4-12/h3-8,15H,9,19H2,1-2H3. The lowest BCUT2D eigenvalue weighted by atomic mass is 9.92. The van der Waals surface area contributed by atoms with E-state index in [1.807, 2.05) is 13.8 Å². The lowest BCUT2D eigenvalue weighted by Crippen LogP contribution is -2.16. The van der Waals surface area contributed by atoms with E-state index in [1.54, 1.807) is 12.1 Å². The van der Waals surface area contributed by atoms with E-state index in [0.29, 0.717) is 6.42 Å². The minimum atomic E-state index is -0.258. The fraction of sp³-hybridized carbons (Fsp3) is 0.250. The molecule has 2 N–H and O–H groups in total. The molecule has 0 aliphatic heterocycles. The summed E-state index contributed by atoms with van der Waals surface area (Å²) in [6.07, 6.45) is 0.605. The summed E-state index contributed by atoms with van der Waals surface area (Å²) >= 11 is 0. The second-order valence-electron chi connectivity index (χ2n) is 4.89. The lowest BCUT2D eigenvalue weighted by molar-refractivity contribution is 0.618. The van der Waals surface area contributed by atoms with Crippen LogP contribution in [0.3, 0.4) is 0 Å². The van der Waals surface area contributed by atoms with Gasteiger partial charge < -0.3 is 5.73 Å². The van der Waals surface area contributed by atoms with Crippen LogP contribution < -0.4 is 5.73 Å². The summed E-state index contributed by atoms with van der Waals surface area (Å²) in [5.41, 5.74) is 9.84. The normalized spacial score (nSPS) is 12.5. The number of benzene rings is 2. The van der Waals surface area contributed by atoms with Gasteiger partial charge in [0.1, 0.15) is 11.6 Å². The van der Waals surface area contributed by atoms with E-state index < -0.39 is 0 Å². The van der Waals surface area contributed by atoms with Crippen LogP contribution in [0.25, 0.3) is 0 Å². The molecule has 2 aromatic rings. The lowest BCUT2D eigenvalue weighted by Gasteiger charge is -2.18. The molecule has 0 aliphatic rings. The molecule has 0 saturated carbocycles. The van der Waals surface area contributed by atoms with Crippen molar-refractivity contribution in [3.05, 3.63) is 70.3 Å². The van der Waals surface area contributed by atoms with Gasteiger partial charge in [0.15, 0.2) is 0 Å². The average molecular weight is 261 g/mol. The predicted octanol–water partition coefficient (Wildman–Crippen LogP) is 3.82. The summed E-state index contributed by atoms with van der Waals surface area (Å²) in [6.45, 7) is 3.71. The van der Waals surface area contributed by atoms with Crippen LogP contribution in [-0.4, -0.2) is 0 Å². The molecule has 0 fully saturated rings. The second-order valence-corrected chi connectivity index (χ2v) is 4.89. The van der Waals surface area contributed by atoms with Crippen molar-refractivity contribution in [1.29, 1.82) is 0 Å². The number of halogens is 2. The van der Waals surface area contributed by atoms with E-state index in [0.717, 1.165) is 22.3 Å². The van der Waals surface area contributed by atoms with E-state index >= 15 is 0 Å². The van der Waals surface area contributed by atoms with Gasteiger partial charge in [0.25, 0.3) is 0 Å². The zero-order chi connectivity index (χ0) is 14.0. The Balaban J connectivity index is 2.25. The zero-order valence-electron chi connectivity index (χ0n) is 11.1. The highest BCUT2D eigenvalue weighted by Crippen LogP contribution is 2.24. The van der Waals surface area contributed by atoms with Crippen molar-refractivity contribution < 1.29 is 8.78 Å². The highest BCUT2D eigenvalue weighted by atomic mass is 19.1. The molecule has 19 heavy (non-hydrogen) atoms. The van der Waals surface area contributed by atoms with Crippen LogP contribution in [0.2, 0.25) is 0 Å². The maximum Gasteiger partial charge on any atom is 0.123 e. The third kappa shape index (κ3) is 3.18. The van der Waals surface area contributed by atoms with Crippen LogP contribution in [0.5, 0.6) is 0 Å². The molecule has 2 aromatic carbocycles. The quantitative estimate of drug-likeness (QED) is 0.893. The molecule has 0 aliphatic carbocycles. The largest absolute Gasteiger partial charge is 0.324 e. The molecule has 0 bridgehead atoms. The van der Waals surface area contributed by atoms with Crippen LogP contribution in [0.1, 0.15) is 28.3 Å². The number of hydrogen-bond donors (Lipinski definition) is 1. The molecule has 100 valence electrons. The Morgan fingerprint density at radius 2 is 1.47 bits per heavy atom. The van der Waals surface area contributed by atoms with Crippen molar-refractivity contribution in [2.45, 2.75) is 26.3 Å². The minimum Gasteiger partial charge on any atom is -0.324 e. The monoisotopic (exact) mass is 261 g/mol. The first kappa shape index (κ1) is 13.7. The molecule has 3 heteroatoms. The molecular weight excluding hydrogens is 244 g/mol. The van der Waals surface area contributed by atoms with E-state index in [4.69, 9.17) is 5.73 Å². The molecule has 0 saturated heterocycles. The molecule has 0 heterocycles. The minimum absolute atomic E-state index is 0.217. The van der Waals surface area contributed by atoms with Crippen LogP contribution in [0.15, 0.2) is 36.4 Å². The van der Waals surface area contributed by atoms with Crippen molar-refractivity contribution in [1.82, 2.24) is 0 Å². The van der Waals surface area contributed by atoms with E-state index in [-0.39, 0.29) is 17.7 Å². The first-order valence-electron chi connectivity index (χ1n) is 6.24. The molecule has 0 spiro atoms. The van der Waals surface area contributed by atoms with Crippen molar-refractivity contribution in [2.24, 2.45) is 5.73 Å². The summed E-state index contributed by atoms with van der Waals surface area (Å²) < 4.78 is 26.1. The van der Waals surface area contributed by atoms with Crippen LogP contribution in [0, 0.1) is 25.5 Å². The van der Waals surface area contributed by atoms with Crippen molar-refractivity contribution in [3.63, 3.8) is 0 Å². The molecule has 0 aromatic heterocycles. The fourth-order valence-corrected chi connectivity index (χ4v) is 2.48. The third-order valence-corrected chi connectivity index (χ3v) is 3.30. The number of aryl methyl sites for hydroxylation is 2. The summed E-state index contributed by atoms with van der Waals surface area (Å²) in [7, 11) is 0. The number of nitrogens with two attached hydrogens (primary N) is 1. The van der Waals surface area contributed by atoms with Gasteiger partial charge in [-0.1, -0.05) is 12.1 Å². The van der Waals surface area contributed by atoms with Crippen LogP contribution >= 0.6 is 0 Å². The molecule has 1 nitrogen and oxygen atoms in total. The van der Waals surface area contributed by atoms with Gasteiger partial charge >= 0.3 is 0 Å². The van der Waals surface area contributed by atoms with Crippen LogP contribution in [0.4, 0.5) is 8.78 Å². The number of rotatable bonds is 3. The topological polar surface area (TPSA) is 26.0 Å². The van der Waals surface area contributed by atoms with E-state index in [9.17, 15) is 8.78 Å². The SMILES string of the molecule is Cc1cc(F)cc(C)c1C(N)Cc1ccc(F)cc1. The van der Waals surface area contributed by atoms with Gasteiger partial charge in [-0.2, -0.15) is 0 Å². The molecular formula is C16H17F2N. The van der Waals surface area contributed by atoms with Gasteiger partial charge in [-0.05, 0) is 66.8 Å². The molecule has 0 amide bonds. The van der Waals surface area contributed by atoms with Gasteiger partial charge in [0.05, 0.1) is 0 Å². The first-order valence-corrected chi connectivity index (χ1v) is 6.24. The Morgan fingerprint density at radius 3 is 2.00 bits per heavy atom. The summed E-state index contributed by atoms with van der Waals surface area (Å²) in [5, 5.41) is 0. The Hall–Kier alpha value is -1.74. The molecule has 1 atom stereocenters. The van der Waals surface area contributed by atoms with Crippen LogP contribution in [-0.2, 0) is 6.42 Å². The highest BCUT2D eigenvalue weighted by Gasteiger charge is 2.14. The van der Waals surface area contributed by atoms with Crippen molar-refractivity contribution in [3.8, 4) is 0 Å². The Kier molecular flexibility index (Phi) is 3.96. The maximum atomic E-state index is 13.3. The van der Waals surface area contributed by atoms with Gasteiger partial charge in [0, 0.05) is 6.04 Å². The molecule has 1 unspecified atom stereocenters. The Morgan fingerprint density at radius 1 is 0.947 bits per heavy atom. The maximum absolute atomic E-state index is 13.3. The van der Waals surface area contributed by atoms with Crippen molar-refractivity contribution >= 4 is 0 Å². The van der Waals surface area contributed by atoms with Crippen molar-refractivity contribution in [2.75, 3.05) is 0 Å². The van der Waals surface area contributed by atoms with Gasteiger partial charge in [-0.3, -0.25) is 0 Å². The number of hydrogen-bond acceptors (Lipinski definition) is 1. The second kappa shape index (κ2) is 5.49. The van der Waals surface area contributed by atoms with Gasteiger partial charge in [0.2, 0.25) is 0 Å².